The lowest BCUT2D eigenvalue weighted by molar-refractivity contribution is -0.121. The molecule has 0 unspecified atom stereocenters. The van der Waals surface area contributed by atoms with Crippen LogP contribution in [0, 0.1) is 11.7 Å². The average Bonchev–Trinajstić information content (AvgIpc) is 3.00. The Balaban J connectivity index is 1.63. The Bertz CT molecular complexity index is 899. The van der Waals surface area contributed by atoms with E-state index in [-0.39, 0.29) is 5.91 Å². The van der Waals surface area contributed by atoms with Crippen LogP contribution in [-0.2, 0) is 17.9 Å². The van der Waals surface area contributed by atoms with Crippen molar-refractivity contribution >= 4 is 18.1 Å². The highest BCUT2D eigenvalue weighted by Gasteiger charge is 2.10. The van der Waals surface area contributed by atoms with Crippen molar-refractivity contribution in [2.75, 3.05) is 0 Å². The van der Waals surface area contributed by atoms with Crippen LogP contribution < -0.4 is 5.32 Å². The molecule has 7 heteroatoms. The van der Waals surface area contributed by atoms with Gasteiger partial charge in [0, 0.05) is 37.5 Å². The van der Waals surface area contributed by atoms with Crippen LogP contribution in [0.25, 0.3) is 11.4 Å². The predicted molar refractivity (Wildman–Crippen MR) is 98.3 cm³/mol. The summed E-state index contributed by atoms with van der Waals surface area (Å²) in [6.45, 7) is 3.00. The lowest BCUT2D eigenvalue weighted by Gasteiger charge is -2.08. The van der Waals surface area contributed by atoms with E-state index < -0.39 is 0 Å². The molecule has 2 heterocycles. The number of hydrogen-bond acceptors (Lipinski definition) is 4. The van der Waals surface area contributed by atoms with E-state index in [0.29, 0.717) is 24.3 Å². The number of H-pyrrole nitrogens is 1. The van der Waals surface area contributed by atoms with Gasteiger partial charge in [0.05, 0.1) is 0 Å². The molecule has 0 saturated heterocycles. The van der Waals surface area contributed by atoms with Gasteiger partial charge in [-0.05, 0) is 36.8 Å². The van der Waals surface area contributed by atoms with Crippen LogP contribution in [0.15, 0.2) is 48.8 Å². The quantitative estimate of drug-likeness (QED) is 0.668. The number of carbonyl (C=O) groups is 1. The van der Waals surface area contributed by atoms with Gasteiger partial charge in [-0.2, -0.15) is 5.10 Å². The Morgan fingerprint density at radius 2 is 1.92 bits per heavy atom. The molecule has 0 aliphatic heterocycles. The number of rotatable bonds is 6. The molecule has 3 rings (SSSR count). The van der Waals surface area contributed by atoms with Gasteiger partial charge in [-0.25, -0.2) is 0 Å². The van der Waals surface area contributed by atoms with E-state index in [0.717, 1.165) is 17.0 Å². The molecule has 0 aliphatic carbocycles. The standard InChI is InChI=1S/C18H19N5OS/c1-13-2-4-15(5-3-13)17-21-22-18(25)23(17)11-8-16(24)20-12-14-6-9-19-10-7-14/h2-7,9-10H,8,11-12H2,1H3,(H,20,24)(H,22,25). The molecule has 0 bridgehead atoms. The largest absolute Gasteiger partial charge is 0.352 e. The maximum Gasteiger partial charge on any atom is 0.222 e. The second kappa shape index (κ2) is 7.85. The second-order valence-corrected chi connectivity index (χ2v) is 6.14. The minimum Gasteiger partial charge on any atom is -0.352 e. The Labute approximate surface area is 150 Å². The number of amides is 1. The van der Waals surface area contributed by atoms with Crippen molar-refractivity contribution in [1.29, 1.82) is 0 Å². The number of aromatic amines is 1. The van der Waals surface area contributed by atoms with Gasteiger partial charge < -0.3 is 5.32 Å². The van der Waals surface area contributed by atoms with Crippen LogP contribution in [0.3, 0.4) is 0 Å². The van der Waals surface area contributed by atoms with Crippen molar-refractivity contribution in [3.63, 3.8) is 0 Å². The zero-order valence-electron chi connectivity index (χ0n) is 13.9. The molecule has 128 valence electrons. The number of hydrogen-bond donors (Lipinski definition) is 2. The smallest absolute Gasteiger partial charge is 0.222 e. The fourth-order valence-electron chi connectivity index (χ4n) is 2.45. The van der Waals surface area contributed by atoms with E-state index in [1.165, 1.54) is 5.56 Å². The number of aromatic nitrogens is 4. The summed E-state index contributed by atoms with van der Waals surface area (Å²) < 4.78 is 2.36. The third kappa shape index (κ3) is 4.39. The first-order chi connectivity index (χ1) is 12.1. The minimum atomic E-state index is -0.0326. The lowest BCUT2D eigenvalue weighted by atomic mass is 10.1. The summed E-state index contributed by atoms with van der Waals surface area (Å²) in [4.78, 5) is 16.1. The Morgan fingerprint density at radius 1 is 1.20 bits per heavy atom. The molecule has 0 aliphatic rings. The van der Waals surface area contributed by atoms with Gasteiger partial charge in [-0.3, -0.25) is 19.4 Å². The van der Waals surface area contributed by atoms with Gasteiger partial charge in [0.1, 0.15) is 0 Å². The number of carbonyl (C=O) groups excluding carboxylic acids is 1. The van der Waals surface area contributed by atoms with Crippen molar-refractivity contribution in [2.45, 2.75) is 26.4 Å². The molecule has 0 spiro atoms. The van der Waals surface area contributed by atoms with Gasteiger partial charge >= 0.3 is 0 Å². The molecule has 1 aromatic carbocycles. The van der Waals surface area contributed by atoms with E-state index in [1.807, 2.05) is 47.9 Å². The molecule has 25 heavy (non-hydrogen) atoms. The minimum absolute atomic E-state index is 0.0326. The number of aryl methyl sites for hydroxylation is 1. The lowest BCUT2D eigenvalue weighted by Crippen LogP contribution is -2.24. The fourth-order valence-corrected chi connectivity index (χ4v) is 2.67. The van der Waals surface area contributed by atoms with Crippen molar-refractivity contribution in [2.24, 2.45) is 0 Å². The summed E-state index contributed by atoms with van der Waals surface area (Å²) in [6.07, 6.45) is 3.75. The monoisotopic (exact) mass is 353 g/mol. The van der Waals surface area contributed by atoms with E-state index in [4.69, 9.17) is 12.2 Å². The number of benzene rings is 1. The van der Waals surface area contributed by atoms with E-state index in [1.54, 1.807) is 12.4 Å². The molecule has 2 aromatic heterocycles. The maximum atomic E-state index is 12.1. The summed E-state index contributed by atoms with van der Waals surface area (Å²) in [5.41, 5.74) is 3.17. The van der Waals surface area contributed by atoms with Gasteiger partial charge in [-0.15, -0.1) is 0 Å². The molecule has 6 nitrogen and oxygen atoms in total. The first-order valence-electron chi connectivity index (χ1n) is 8.01. The number of pyridine rings is 1. The summed E-state index contributed by atoms with van der Waals surface area (Å²) in [7, 11) is 0. The second-order valence-electron chi connectivity index (χ2n) is 5.75. The van der Waals surface area contributed by atoms with Gasteiger partial charge in [-0.1, -0.05) is 29.8 Å². The van der Waals surface area contributed by atoms with E-state index >= 15 is 0 Å². The molecule has 2 N–H and O–H groups in total. The molecule has 1 amide bonds. The third-order valence-electron chi connectivity index (χ3n) is 3.87. The molecular weight excluding hydrogens is 334 g/mol. The molecule has 0 saturated carbocycles. The predicted octanol–water partition coefficient (Wildman–Crippen LogP) is 3.02. The highest BCUT2D eigenvalue weighted by Crippen LogP contribution is 2.18. The van der Waals surface area contributed by atoms with Gasteiger partial charge in [0.2, 0.25) is 5.91 Å². The molecule has 0 fully saturated rings. The Hall–Kier alpha value is -2.80. The molecule has 3 aromatic rings. The first-order valence-corrected chi connectivity index (χ1v) is 8.42. The van der Waals surface area contributed by atoms with E-state index in [2.05, 4.69) is 20.5 Å². The van der Waals surface area contributed by atoms with Crippen LogP contribution in [0.4, 0.5) is 0 Å². The normalized spacial score (nSPS) is 10.6. The fraction of sp³-hybridized carbons (Fsp3) is 0.222. The van der Waals surface area contributed by atoms with Crippen LogP contribution in [0.2, 0.25) is 0 Å². The van der Waals surface area contributed by atoms with E-state index in [9.17, 15) is 4.79 Å². The number of nitrogens with zero attached hydrogens (tertiary/aromatic N) is 3. The highest BCUT2D eigenvalue weighted by molar-refractivity contribution is 7.71. The summed E-state index contributed by atoms with van der Waals surface area (Å²) in [6, 6.07) is 11.8. The summed E-state index contributed by atoms with van der Waals surface area (Å²) in [5, 5.41) is 10.0. The maximum absolute atomic E-state index is 12.1. The average molecular weight is 353 g/mol. The van der Waals surface area contributed by atoms with Gasteiger partial charge in [0.25, 0.3) is 0 Å². The van der Waals surface area contributed by atoms with Gasteiger partial charge in [0.15, 0.2) is 10.6 Å². The molecule has 0 radical (unpaired) electrons. The Kier molecular flexibility index (Phi) is 5.35. The third-order valence-corrected chi connectivity index (χ3v) is 4.18. The zero-order valence-corrected chi connectivity index (χ0v) is 14.7. The van der Waals surface area contributed by atoms with Crippen LogP contribution in [0.5, 0.6) is 0 Å². The van der Waals surface area contributed by atoms with Crippen LogP contribution in [-0.4, -0.2) is 25.7 Å². The van der Waals surface area contributed by atoms with Crippen molar-refractivity contribution in [3.05, 3.63) is 64.7 Å². The van der Waals surface area contributed by atoms with Crippen molar-refractivity contribution in [1.82, 2.24) is 25.1 Å². The molecule has 0 atom stereocenters. The summed E-state index contributed by atoms with van der Waals surface area (Å²) >= 11 is 5.30. The van der Waals surface area contributed by atoms with Crippen LogP contribution >= 0.6 is 12.2 Å². The summed E-state index contributed by atoms with van der Waals surface area (Å²) in [5.74, 6) is 0.710. The zero-order chi connectivity index (χ0) is 17.6. The SMILES string of the molecule is Cc1ccc(-c2n[nH]c(=S)n2CCC(=O)NCc2ccncc2)cc1. The molecular formula is C18H19N5OS. The first kappa shape index (κ1) is 17.0. The topological polar surface area (TPSA) is 75.6 Å². The highest BCUT2D eigenvalue weighted by atomic mass is 32.1. The van der Waals surface area contributed by atoms with Crippen molar-refractivity contribution < 1.29 is 4.79 Å². The van der Waals surface area contributed by atoms with Crippen LogP contribution in [0.1, 0.15) is 17.5 Å². The van der Waals surface area contributed by atoms with Crippen molar-refractivity contribution in [3.8, 4) is 11.4 Å². The number of nitrogens with one attached hydrogen (secondary N) is 2. The Morgan fingerprint density at radius 3 is 2.64 bits per heavy atom.